The Morgan fingerprint density at radius 3 is 2.77 bits per heavy atom. The first-order chi connectivity index (χ1) is 14.6. The molecule has 10 heteroatoms. The number of ether oxygens (including phenoxy) is 2. The zero-order valence-corrected chi connectivity index (χ0v) is 17.1. The van der Waals surface area contributed by atoms with Crippen molar-refractivity contribution < 1.29 is 23.0 Å². The number of benzene rings is 2. The minimum Gasteiger partial charge on any atom is -0.435 e. The van der Waals surface area contributed by atoms with Gasteiger partial charge in [0.1, 0.15) is 5.75 Å². The topological polar surface area (TPSA) is 77.4 Å². The summed E-state index contributed by atoms with van der Waals surface area (Å²) in [5.41, 5.74) is 2.52. The van der Waals surface area contributed by atoms with E-state index in [1.807, 2.05) is 24.3 Å². The lowest BCUT2D eigenvalue weighted by Gasteiger charge is -2.24. The third-order valence-electron chi connectivity index (χ3n) is 4.62. The molecular weight excluding hydrogens is 430 g/mol. The summed E-state index contributed by atoms with van der Waals surface area (Å²) in [6, 6.07) is 13.6. The van der Waals surface area contributed by atoms with Crippen LogP contribution < -0.4 is 15.4 Å². The normalized spacial score (nSPS) is 15.9. The fraction of sp³-hybridized carbons (Fsp3) is 0.238. The van der Waals surface area contributed by atoms with E-state index in [4.69, 9.17) is 4.74 Å². The maximum atomic E-state index is 12.5. The summed E-state index contributed by atoms with van der Waals surface area (Å²) in [7, 11) is 0. The third-order valence-corrected chi connectivity index (χ3v) is 4.62. The molecule has 1 atom stereocenters. The van der Waals surface area contributed by atoms with E-state index in [-0.39, 0.29) is 30.2 Å². The number of hydrogen-bond acceptors (Lipinski definition) is 5. The molecule has 0 saturated carbocycles. The fourth-order valence-corrected chi connectivity index (χ4v) is 3.15. The summed E-state index contributed by atoms with van der Waals surface area (Å²) in [4.78, 5) is 12.5. The standard InChI is InChI=1S/C21H20F2N4O3.ClH/c22-21(23)30-18-3-1-2-17(10-18)27-13-15(11-25-27)20(28)26-16-6-4-14(5-7-16)19-12-24-8-9-29-19;/h1-7,10-11,13,19,21,24H,8-9,12H2,(H,26,28);1H/t19-;/m1./s1. The SMILES string of the molecule is Cl.O=C(Nc1ccc([C@H]2CNCCO2)cc1)c1cnn(-c2cccc(OC(F)F)c2)c1. The Hall–Kier alpha value is -3.01. The van der Waals surface area contributed by atoms with Crippen molar-refractivity contribution in [2.75, 3.05) is 25.0 Å². The summed E-state index contributed by atoms with van der Waals surface area (Å²) < 4.78 is 36.3. The van der Waals surface area contributed by atoms with Crippen LogP contribution in [0.15, 0.2) is 60.9 Å². The van der Waals surface area contributed by atoms with Crippen LogP contribution in [0, 0.1) is 0 Å². The van der Waals surface area contributed by atoms with Gasteiger partial charge in [0.15, 0.2) is 0 Å². The highest BCUT2D eigenvalue weighted by Crippen LogP contribution is 2.22. The molecule has 4 rings (SSSR count). The highest BCUT2D eigenvalue weighted by molar-refractivity contribution is 6.04. The van der Waals surface area contributed by atoms with Crippen LogP contribution in [0.4, 0.5) is 14.5 Å². The zero-order chi connectivity index (χ0) is 20.9. The first kappa shape index (κ1) is 22.7. The van der Waals surface area contributed by atoms with Crippen LogP contribution in [-0.2, 0) is 4.74 Å². The highest BCUT2D eigenvalue weighted by atomic mass is 35.5. The molecule has 0 radical (unpaired) electrons. The monoisotopic (exact) mass is 450 g/mol. The molecule has 1 aliphatic rings. The second kappa shape index (κ2) is 10.3. The third kappa shape index (κ3) is 5.78. The van der Waals surface area contributed by atoms with Crippen LogP contribution in [0.2, 0.25) is 0 Å². The van der Waals surface area contributed by atoms with E-state index < -0.39 is 6.61 Å². The molecule has 0 unspecified atom stereocenters. The average molecular weight is 451 g/mol. The van der Waals surface area contributed by atoms with Crippen molar-refractivity contribution in [3.05, 3.63) is 72.1 Å². The quantitative estimate of drug-likeness (QED) is 0.597. The number of alkyl halides is 2. The fourth-order valence-electron chi connectivity index (χ4n) is 3.15. The molecule has 0 bridgehead atoms. The maximum absolute atomic E-state index is 12.5. The molecule has 2 heterocycles. The van der Waals surface area contributed by atoms with Crippen molar-refractivity contribution in [2.45, 2.75) is 12.7 Å². The Bertz CT molecular complexity index is 1010. The second-order valence-electron chi connectivity index (χ2n) is 6.69. The summed E-state index contributed by atoms with van der Waals surface area (Å²) in [5.74, 6) is -0.314. The van der Waals surface area contributed by atoms with Gasteiger partial charge in [-0.25, -0.2) is 4.68 Å². The van der Waals surface area contributed by atoms with E-state index in [1.54, 1.807) is 12.1 Å². The van der Waals surface area contributed by atoms with Crippen LogP contribution in [-0.4, -0.2) is 42.0 Å². The van der Waals surface area contributed by atoms with Gasteiger partial charge in [-0.3, -0.25) is 4.79 Å². The molecule has 31 heavy (non-hydrogen) atoms. The number of amides is 1. The molecular formula is C21H21ClF2N4O3. The molecule has 1 fully saturated rings. The summed E-state index contributed by atoms with van der Waals surface area (Å²) >= 11 is 0. The van der Waals surface area contributed by atoms with E-state index in [0.717, 1.165) is 18.7 Å². The highest BCUT2D eigenvalue weighted by Gasteiger charge is 2.16. The van der Waals surface area contributed by atoms with E-state index in [1.165, 1.54) is 29.2 Å². The Morgan fingerprint density at radius 1 is 1.26 bits per heavy atom. The largest absolute Gasteiger partial charge is 0.435 e. The van der Waals surface area contributed by atoms with Crippen molar-refractivity contribution in [3.63, 3.8) is 0 Å². The van der Waals surface area contributed by atoms with Crippen LogP contribution in [0.3, 0.4) is 0 Å². The Labute approximate surface area is 183 Å². The predicted molar refractivity (Wildman–Crippen MR) is 113 cm³/mol. The van der Waals surface area contributed by atoms with Crippen LogP contribution in [0.25, 0.3) is 5.69 Å². The average Bonchev–Trinajstić information content (AvgIpc) is 3.25. The number of anilines is 1. The zero-order valence-electron chi connectivity index (χ0n) is 16.3. The lowest BCUT2D eigenvalue weighted by molar-refractivity contribution is -0.0498. The summed E-state index contributed by atoms with van der Waals surface area (Å²) in [6.45, 7) is -0.632. The lowest BCUT2D eigenvalue weighted by atomic mass is 10.1. The number of rotatable bonds is 6. The number of nitrogens with zero attached hydrogens (tertiary/aromatic N) is 2. The molecule has 2 N–H and O–H groups in total. The van der Waals surface area contributed by atoms with Gasteiger partial charge < -0.3 is 20.1 Å². The van der Waals surface area contributed by atoms with E-state index >= 15 is 0 Å². The smallest absolute Gasteiger partial charge is 0.387 e. The van der Waals surface area contributed by atoms with E-state index in [2.05, 4.69) is 20.5 Å². The number of hydrogen-bond donors (Lipinski definition) is 2. The second-order valence-corrected chi connectivity index (χ2v) is 6.69. The minimum atomic E-state index is -2.91. The van der Waals surface area contributed by atoms with Gasteiger partial charge in [-0.15, -0.1) is 12.4 Å². The Morgan fingerprint density at radius 2 is 2.06 bits per heavy atom. The van der Waals surface area contributed by atoms with E-state index in [9.17, 15) is 13.6 Å². The van der Waals surface area contributed by atoms with Crippen molar-refractivity contribution in [3.8, 4) is 11.4 Å². The number of nitrogens with one attached hydrogen (secondary N) is 2. The Kier molecular flexibility index (Phi) is 7.56. The predicted octanol–water partition coefficient (Wildman–Crippen LogP) is 3.81. The molecule has 1 saturated heterocycles. The van der Waals surface area contributed by atoms with Crippen molar-refractivity contribution in [1.82, 2.24) is 15.1 Å². The molecule has 164 valence electrons. The first-order valence-corrected chi connectivity index (χ1v) is 9.42. The van der Waals surface area contributed by atoms with Gasteiger partial charge in [-0.05, 0) is 29.8 Å². The number of morpholine rings is 1. The first-order valence-electron chi connectivity index (χ1n) is 9.42. The molecule has 0 aliphatic carbocycles. The molecule has 1 amide bonds. The van der Waals surface area contributed by atoms with Gasteiger partial charge >= 0.3 is 6.61 Å². The van der Waals surface area contributed by atoms with Crippen LogP contribution in [0.5, 0.6) is 5.75 Å². The van der Waals surface area contributed by atoms with Gasteiger partial charge in [0, 0.05) is 31.0 Å². The molecule has 0 spiro atoms. The molecule has 3 aromatic rings. The lowest BCUT2D eigenvalue weighted by Crippen LogP contribution is -2.33. The van der Waals surface area contributed by atoms with Crippen molar-refractivity contribution >= 4 is 24.0 Å². The maximum Gasteiger partial charge on any atom is 0.387 e. The molecule has 1 aromatic heterocycles. The Balaban J connectivity index is 0.00000272. The molecule has 1 aliphatic heterocycles. The molecule has 7 nitrogen and oxygen atoms in total. The van der Waals surface area contributed by atoms with Gasteiger partial charge in [0.2, 0.25) is 0 Å². The number of carbonyl (C=O) groups excluding carboxylic acids is 1. The van der Waals surface area contributed by atoms with Crippen LogP contribution in [0.1, 0.15) is 22.0 Å². The van der Waals surface area contributed by atoms with Gasteiger partial charge in [-0.2, -0.15) is 13.9 Å². The van der Waals surface area contributed by atoms with Crippen LogP contribution >= 0.6 is 12.4 Å². The minimum absolute atomic E-state index is 0. The number of halogens is 3. The van der Waals surface area contributed by atoms with Crippen molar-refractivity contribution in [2.24, 2.45) is 0 Å². The van der Waals surface area contributed by atoms with Gasteiger partial charge in [-0.1, -0.05) is 18.2 Å². The van der Waals surface area contributed by atoms with Gasteiger partial charge in [0.25, 0.3) is 5.91 Å². The summed E-state index contributed by atoms with van der Waals surface area (Å²) in [6.07, 6.45) is 2.94. The summed E-state index contributed by atoms with van der Waals surface area (Å²) in [5, 5.41) is 10.2. The van der Waals surface area contributed by atoms with Crippen molar-refractivity contribution in [1.29, 1.82) is 0 Å². The number of aromatic nitrogens is 2. The molecule has 2 aromatic carbocycles. The van der Waals surface area contributed by atoms with Gasteiger partial charge in [0.05, 0.1) is 30.2 Å². The number of carbonyl (C=O) groups is 1. The van der Waals surface area contributed by atoms with E-state index in [0.29, 0.717) is 23.5 Å².